The van der Waals surface area contributed by atoms with Gasteiger partial charge in [-0.1, -0.05) is 6.07 Å². The zero-order valence-electron chi connectivity index (χ0n) is 10.9. The lowest BCUT2D eigenvalue weighted by molar-refractivity contribution is -0.0440. The fraction of sp³-hybridized carbons (Fsp3) is 0.462. The second-order valence-electron chi connectivity index (χ2n) is 4.72. The highest BCUT2D eigenvalue weighted by molar-refractivity contribution is 7.89. The molecule has 1 aromatic rings. The Morgan fingerprint density at radius 2 is 1.95 bits per heavy atom. The third kappa shape index (κ3) is 2.95. The van der Waals surface area contributed by atoms with Gasteiger partial charge in [-0.25, -0.2) is 8.42 Å². The lowest BCUT2D eigenvalue weighted by Crippen LogP contribution is -2.48. The molecule has 0 N–H and O–H groups in total. The molecule has 1 aliphatic rings. The average Bonchev–Trinajstić information content (AvgIpc) is 2.37. The van der Waals surface area contributed by atoms with Crippen molar-refractivity contribution in [3.63, 3.8) is 0 Å². The standard InChI is InChI=1S/C13H16N2O3S/c1-10-8-15(9-11(2)18-10)19(16,17)13-5-3-4-12(6-13)7-14/h3-6,10-11H,8-9H2,1-2H3. The quantitative estimate of drug-likeness (QED) is 0.820. The minimum atomic E-state index is -3.56. The maximum Gasteiger partial charge on any atom is 0.243 e. The topological polar surface area (TPSA) is 70.4 Å². The largest absolute Gasteiger partial charge is 0.373 e. The first-order valence-corrected chi connectivity index (χ1v) is 7.53. The lowest BCUT2D eigenvalue weighted by Gasteiger charge is -2.34. The Balaban J connectivity index is 2.34. The molecule has 2 rings (SSSR count). The molecule has 1 aromatic carbocycles. The van der Waals surface area contributed by atoms with Gasteiger partial charge in [-0.2, -0.15) is 9.57 Å². The van der Waals surface area contributed by atoms with Gasteiger partial charge in [0.25, 0.3) is 0 Å². The van der Waals surface area contributed by atoms with Gasteiger partial charge in [0, 0.05) is 13.1 Å². The number of nitrogens with zero attached hydrogens (tertiary/aromatic N) is 2. The summed E-state index contributed by atoms with van der Waals surface area (Å²) in [5.74, 6) is 0. The third-order valence-electron chi connectivity index (χ3n) is 2.99. The smallest absolute Gasteiger partial charge is 0.243 e. The van der Waals surface area contributed by atoms with E-state index in [1.54, 1.807) is 12.1 Å². The first-order chi connectivity index (χ1) is 8.93. The van der Waals surface area contributed by atoms with Crippen molar-refractivity contribution in [2.75, 3.05) is 13.1 Å². The molecule has 1 aliphatic heterocycles. The SMILES string of the molecule is CC1CN(S(=O)(=O)c2cccc(C#N)c2)CC(C)O1. The van der Waals surface area contributed by atoms with Crippen molar-refractivity contribution >= 4 is 10.0 Å². The second-order valence-corrected chi connectivity index (χ2v) is 6.66. The molecule has 1 heterocycles. The van der Waals surface area contributed by atoms with Crippen LogP contribution >= 0.6 is 0 Å². The number of morpholine rings is 1. The summed E-state index contributed by atoms with van der Waals surface area (Å²) in [6.45, 7) is 4.38. The van der Waals surface area contributed by atoms with Crippen molar-refractivity contribution in [3.8, 4) is 6.07 Å². The van der Waals surface area contributed by atoms with Crippen LogP contribution in [0.3, 0.4) is 0 Å². The summed E-state index contributed by atoms with van der Waals surface area (Å²) in [7, 11) is -3.56. The normalized spacial score (nSPS) is 24.9. The fourth-order valence-corrected chi connectivity index (χ4v) is 3.84. The monoisotopic (exact) mass is 280 g/mol. The number of nitriles is 1. The van der Waals surface area contributed by atoms with Crippen molar-refractivity contribution in [2.45, 2.75) is 31.0 Å². The van der Waals surface area contributed by atoms with Gasteiger partial charge in [-0.15, -0.1) is 0 Å². The van der Waals surface area contributed by atoms with Crippen LogP contribution in [0, 0.1) is 11.3 Å². The molecule has 5 nitrogen and oxygen atoms in total. The summed E-state index contributed by atoms with van der Waals surface area (Å²) in [6.07, 6.45) is -0.254. The molecule has 0 saturated carbocycles. The molecule has 6 heteroatoms. The Hall–Kier alpha value is -1.42. The molecular formula is C13H16N2O3S. The van der Waals surface area contributed by atoms with Crippen LogP contribution in [0.4, 0.5) is 0 Å². The van der Waals surface area contributed by atoms with Crippen LogP contribution in [-0.2, 0) is 14.8 Å². The van der Waals surface area contributed by atoms with Crippen LogP contribution in [0.2, 0.25) is 0 Å². The number of benzene rings is 1. The van der Waals surface area contributed by atoms with Crippen molar-refractivity contribution in [1.82, 2.24) is 4.31 Å². The van der Waals surface area contributed by atoms with Gasteiger partial charge >= 0.3 is 0 Å². The zero-order chi connectivity index (χ0) is 14.0. The summed E-state index contributed by atoms with van der Waals surface area (Å²) in [5.41, 5.74) is 0.343. The van der Waals surface area contributed by atoms with Crippen molar-refractivity contribution in [2.24, 2.45) is 0 Å². The van der Waals surface area contributed by atoms with Gasteiger partial charge in [-0.3, -0.25) is 0 Å². The Labute approximate surface area is 113 Å². The van der Waals surface area contributed by atoms with E-state index in [4.69, 9.17) is 10.00 Å². The maximum absolute atomic E-state index is 12.5. The highest BCUT2D eigenvalue weighted by Crippen LogP contribution is 2.21. The molecule has 0 amide bonds. The van der Waals surface area contributed by atoms with E-state index in [1.165, 1.54) is 16.4 Å². The molecule has 0 aliphatic carbocycles. The molecule has 0 bridgehead atoms. The Kier molecular flexibility index (Phi) is 3.90. The van der Waals surface area contributed by atoms with E-state index in [2.05, 4.69) is 0 Å². The van der Waals surface area contributed by atoms with E-state index in [1.807, 2.05) is 19.9 Å². The molecule has 1 saturated heterocycles. The van der Waals surface area contributed by atoms with Crippen LogP contribution in [0.25, 0.3) is 0 Å². The zero-order valence-corrected chi connectivity index (χ0v) is 11.7. The lowest BCUT2D eigenvalue weighted by atomic mass is 10.2. The molecule has 1 fully saturated rings. The van der Waals surface area contributed by atoms with Crippen LogP contribution in [0.15, 0.2) is 29.2 Å². The van der Waals surface area contributed by atoms with E-state index >= 15 is 0 Å². The van der Waals surface area contributed by atoms with Crippen LogP contribution in [-0.4, -0.2) is 38.0 Å². The number of ether oxygens (including phenoxy) is 1. The summed E-state index contributed by atoms with van der Waals surface area (Å²) in [6, 6.07) is 8.04. The van der Waals surface area contributed by atoms with Crippen LogP contribution in [0.5, 0.6) is 0 Å². The van der Waals surface area contributed by atoms with Gasteiger partial charge < -0.3 is 4.74 Å². The van der Waals surface area contributed by atoms with Crippen molar-refractivity contribution in [3.05, 3.63) is 29.8 Å². The number of hydrogen-bond acceptors (Lipinski definition) is 4. The first-order valence-electron chi connectivity index (χ1n) is 6.09. The van der Waals surface area contributed by atoms with Crippen LogP contribution in [0.1, 0.15) is 19.4 Å². The van der Waals surface area contributed by atoms with Gasteiger partial charge in [0.15, 0.2) is 0 Å². The predicted octanol–water partition coefficient (Wildman–Crippen LogP) is 1.36. The Morgan fingerprint density at radius 3 is 2.53 bits per heavy atom. The summed E-state index contributed by atoms with van der Waals surface area (Å²) in [5, 5.41) is 8.84. The van der Waals surface area contributed by atoms with Crippen molar-refractivity contribution in [1.29, 1.82) is 5.26 Å². The third-order valence-corrected chi connectivity index (χ3v) is 4.81. The van der Waals surface area contributed by atoms with Gasteiger partial charge in [0.1, 0.15) is 0 Å². The molecule has 0 aromatic heterocycles. The maximum atomic E-state index is 12.5. The van der Waals surface area contributed by atoms with Crippen molar-refractivity contribution < 1.29 is 13.2 Å². The molecular weight excluding hydrogens is 264 g/mol. The molecule has 19 heavy (non-hydrogen) atoms. The highest BCUT2D eigenvalue weighted by atomic mass is 32.2. The first kappa shape index (κ1) is 14.0. The van der Waals surface area contributed by atoms with E-state index in [-0.39, 0.29) is 17.1 Å². The summed E-state index contributed by atoms with van der Waals surface area (Å²) >= 11 is 0. The minimum absolute atomic E-state index is 0.127. The highest BCUT2D eigenvalue weighted by Gasteiger charge is 2.32. The molecule has 102 valence electrons. The molecule has 0 radical (unpaired) electrons. The number of sulfonamides is 1. The molecule has 2 unspecified atom stereocenters. The predicted molar refractivity (Wildman–Crippen MR) is 69.9 cm³/mol. The second kappa shape index (κ2) is 5.29. The summed E-state index contributed by atoms with van der Waals surface area (Å²) < 4.78 is 32.0. The van der Waals surface area contributed by atoms with Crippen LogP contribution < -0.4 is 0 Å². The molecule has 2 atom stereocenters. The number of rotatable bonds is 2. The van der Waals surface area contributed by atoms with E-state index in [0.29, 0.717) is 18.7 Å². The fourth-order valence-electron chi connectivity index (χ4n) is 2.20. The van der Waals surface area contributed by atoms with E-state index in [0.717, 1.165) is 0 Å². The van der Waals surface area contributed by atoms with Gasteiger partial charge in [0.05, 0.1) is 28.7 Å². The summed E-state index contributed by atoms with van der Waals surface area (Å²) in [4.78, 5) is 0.160. The Morgan fingerprint density at radius 1 is 1.32 bits per heavy atom. The molecule has 0 spiro atoms. The van der Waals surface area contributed by atoms with E-state index < -0.39 is 10.0 Å². The minimum Gasteiger partial charge on any atom is -0.373 e. The van der Waals surface area contributed by atoms with Gasteiger partial charge in [0.2, 0.25) is 10.0 Å². The average molecular weight is 280 g/mol. The van der Waals surface area contributed by atoms with Gasteiger partial charge in [-0.05, 0) is 32.0 Å². The Bertz CT molecular complexity index is 597. The van der Waals surface area contributed by atoms with E-state index in [9.17, 15) is 8.42 Å². The number of hydrogen-bond donors (Lipinski definition) is 0.